The fourth-order valence-electron chi connectivity index (χ4n) is 3.25. The number of pyridine rings is 1. The van der Waals surface area contributed by atoms with E-state index in [1.54, 1.807) is 44.2 Å². The second-order valence-corrected chi connectivity index (χ2v) is 6.63. The molecule has 0 spiro atoms. The molecule has 2 aromatic rings. The zero-order valence-electron chi connectivity index (χ0n) is 15.2. The quantitative estimate of drug-likeness (QED) is 0.767. The van der Waals surface area contributed by atoms with Gasteiger partial charge in [0.2, 0.25) is 5.91 Å². The third-order valence-corrected chi connectivity index (χ3v) is 4.64. The predicted molar refractivity (Wildman–Crippen MR) is 99.6 cm³/mol. The van der Waals surface area contributed by atoms with Crippen LogP contribution in [0, 0.1) is 13.8 Å². The Kier molecular flexibility index (Phi) is 5.21. The molecule has 7 heteroatoms. The van der Waals surface area contributed by atoms with Gasteiger partial charge in [0.15, 0.2) is 0 Å². The van der Waals surface area contributed by atoms with Crippen molar-refractivity contribution in [1.82, 2.24) is 15.6 Å². The van der Waals surface area contributed by atoms with E-state index in [1.807, 2.05) is 0 Å². The molecule has 0 bridgehead atoms. The molecule has 0 radical (unpaired) electrons. The number of hydrogen-bond donors (Lipinski definition) is 3. The monoisotopic (exact) mass is 367 g/mol. The molecule has 3 N–H and O–H groups in total. The summed E-state index contributed by atoms with van der Waals surface area (Å²) in [6, 6.07) is 8.08. The number of carbonyl (C=O) groups is 3. The summed E-state index contributed by atoms with van der Waals surface area (Å²) in [4.78, 5) is 39.8. The van der Waals surface area contributed by atoms with Gasteiger partial charge >= 0.3 is 5.97 Å². The van der Waals surface area contributed by atoms with Gasteiger partial charge in [0.05, 0.1) is 17.0 Å². The summed E-state index contributed by atoms with van der Waals surface area (Å²) in [6.45, 7) is 4.04. The van der Waals surface area contributed by atoms with Gasteiger partial charge in [-0.1, -0.05) is 12.1 Å². The van der Waals surface area contributed by atoms with Crippen LogP contribution in [0.2, 0.25) is 0 Å². The molecule has 1 saturated heterocycles. The number of aryl methyl sites for hydroxylation is 2. The SMILES string of the molecule is Cc1cc(-c2ccc(C(=O)N[C@@H]3CCCNC3=O)cc2)nc(C)c1C(=O)O. The Hall–Kier alpha value is -3.22. The summed E-state index contributed by atoms with van der Waals surface area (Å²) in [5.41, 5.74) is 3.17. The fraction of sp³-hybridized carbons (Fsp3) is 0.300. The molecule has 140 valence electrons. The van der Waals surface area contributed by atoms with Crippen molar-refractivity contribution in [3.05, 3.63) is 52.7 Å². The smallest absolute Gasteiger partial charge is 0.337 e. The van der Waals surface area contributed by atoms with E-state index in [0.717, 1.165) is 12.0 Å². The van der Waals surface area contributed by atoms with E-state index in [-0.39, 0.29) is 17.4 Å². The van der Waals surface area contributed by atoms with Gasteiger partial charge in [0.1, 0.15) is 6.04 Å². The number of nitrogens with zero attached hydrogens (tertiary/aromatic N) is 1. The molecule has 27 heavy (non-hydrogen) atoms. The maximum atomic E-state index is 12.4. The van der Waals surface area contributed by atoms with E-state index in [1.165, 1.54) is 0 Å². The fourth-order valence-corrected chi connectivity index (χ4v) is 3.25. The first-order valence-electron chi connectivity index (χ1n) is 8.77. The average molecular weight is 367 g/mol. The first-order valence-corrected chi connectivity index (χ1v) is 8.77. The largest absolute Gasteiger partial charge is 0.478 e. The molecule has 0 aliphatic carbocycles. The van der Waals surface area contributed by atoms with E-state index >= 15 is 0 Å². The molecule has 1 aliphatic rings. The molecule has 1 aromatic carbocycles. The number of aromatic nitrogens is 1. The van der Waals surface area contributed by atoms with Crippen molar-refractivity contribution >= 4 is 17.8 Å². The summed E-state index contributed by atoms with van der Waals surface area (Å²) in [6.07, 6.45) is 1.47. The number of piperidine rings is 1. The lowest BCUT2D eigenvalue weighted by Gasteiger charge is -2.22. The molecule has 3 rings (SSSR count). The summed E-state index contributed by atoms with van der Waals surface area (Å²) in [7, 11) is 0. The second-order valence-electron chi connectivity index (χ2n) is 6.63. The maximum Gasteiger partial charge on any atom is 0.337 e. The van der Waals surface area contributed by atoms with Crippen LogP contribution in [0.4, 0.5) is 0 Å². The van der Waals surface area contributed by atoms with Crippen LogP contribution in [0.25, 0.3) is 11.3 Å². The van der Waals surface area contributed by atoms with Crippen molar-refractivity contribution < 1.29 is 19.5 Å². The van der Waals surface area contributed by atoms with E-state index in [4.69, 9.17) is 0 Å². The molecule has 7 nitrogen and oxygen atoms in total. The highest BCUT2D eigenvalue weighted by atomic mass is 16.4. The van der Waals surface area contributed by atoms with Crippen LogP contribution in [0.3, 0.4) is 0 Å². The zero-order valence-corrected chi connectivity index (χ0v) is 15.2. The third kappa shape index (κ3) is 3.97. The first kappa shape index (κ1) is 18.6. The molecule has 1 aromatic heterocycles. The minimum absolute atomic E-state index is 0.153. The molecule has 2 heterocycles. The van der Waals surface area contributed by atoms with Gasteiger partial charge in [-0.05, 0) is 50.5 Å². The lowest BCUT2D eigenvalue weighted by atomic mass is 10.0. The highest BCUT2D eigenvalue weighted by Crippen LogP contribution is 2.23. The normalized spacial score (nSPS) is 16.5. The Balaban J connectivity index is 1.78. The lowest BCUT2D eigenvalue weighted by molar-refractivity contribution is -0.124. The highest BCUT2D eigenvalue weighted by molar-refractivity contribution is 5.98. The minimum Gasteiger partial charge on any atom is -0.478 e. The molecule has 1 atom stereocenters. The van der Waals surface area contributed by atoms with Crippen LogP contribution in [0.5, 0.6) is 0 Å². The van der Waals surface area contributed by atoms with Gasteiger partial charge in [-0.2, -0.15) is 0 Å². The lowest BCUT2D eigenvalue weighted by Crippen LogP contribution is -2.50. The summed E-state index contributed by atoms with van der Waals surface area (Å²) < 4.78 is 0. The molecular formula is C20H21N3O4. The van der Waals surface area contributed by atoms with Crippen LogP contribution < -0.4 is 10.6 Å². The van der Waals surface area contributed by atoms with Gasteiger partial charge in [0, 0.05) is 17.7 Å². The minimum atomic E-state index is -0.997. The first-order chi connectivity index (χ1) is 12.9. The molecule has 1 fully saturated rings. The molecular weight excluding hydrogens is 346 g/mol. The number of carboxylic acid groups (broad SMARTS) is 1. The van der Waals surface area contributed by atoms with E-state index in [9.17, 15) is 19.5 Å². The second kappa shape index (κ2) is 7.57. The number of aromatic carboxylic acids is 1. The number of benzene rings is 1. The highest BCUT2D eigenvalue weighted by Gasteiger charge is 2.24. The van der Waals surface area contributed by atoms with Crippen molar-refractivity contribution in [1.29, 1.82) is 0 Å². The van der Waals surface area contributed by atoms with Gasteiger partial charge in [-0.25, -0.2) is 4.79 Å². The number of amides is 2. The van der Waals surface area contributed by atoms with Crippen molar-refractivity contribution in [2.45, 2.75) is 32.7 Å². The van der Waals surface area contributed by atoms with Gasteiger partial charge in [-0.3, -0.25) is 14.6 Å². The molecule has 0 unspecified atom stereocenters. The van der Waals surface area contributed by atoms with E-state index in [2.05, 4.69) is 15.6 Å². The number of carbonyl (C=O) groups excluding carboxylic acids is 2. The van der Waals surface area contributed by atoms with Gasteiger partial charge in [0.25, 0.3) is 5.91 Å². The number of carboxylic acids is 1. The summed E-state index contributed by atoms with van der Waals surface area (Å²) in [5.74, 6) is -1.45. The summed E-state index contributed by atoms with van der Waals surface area (Å²) >= 11 is 0. The van der Waals surface area contributed by atoms with Crippen LogP contribution >= 0.6 is 0 Å². The number of hydrogen-bond acceptors (Lipinski definition) is 4. The van der Waals surface area contributed by atoms with Crippen LogP contribution in [0.15, 0.2) is 30.3 Å². The Morgan fingerprint density at radius 2 is 1.93 bits per heavy atom. The van der Waals surface area contributed by atoms with Crippen molar-refractivity contribution in [2.24, 2.45) is 0 Å². The predicted octanol–water partition coefficient (Wildman–Crippen LogP) is 2.07. The Morgan fingerprint density at radius 3 is 2.52 bits per heavy atom. The zero-order chi connectivity index (χ0) is 19.6. The van der Waals surface area contributed by atoms with Crippen molar-refractivity contribution in [3.8, 4) is 11.3 Å². The Morgan fingerprint density at radius 1 is 1.22 bits per heavy atom. The Bertz CT molecular complexity index is 883. The van der Waals surface area contributed by atoms with Crippen molar-refractivity contribution in [2.75, 3.05) is 6.54 Å². The molecule has 2 amide bonds. The van der Waals surface area contributed by atoms with Gasteiger partial charge in [-0.15, -0.1) is 0 Å². The molecule has 1 aliphatic heterocycles. The van der Waals surface area contributed by atoms with Crippen LogP contribution in [-0.4, -0.2) is 40.5 Å². The topological polar surface area (TPSA) is 108 Å². The van der Waals surface area contributed by atoms with Gasteiger partial charge < -0.3 is 15.7 Å². The summed E-state index contributed by atoms with van der Waals surface area (Å²) in [5, 5.41) is 14.7. The number of rotatable bonds is 4. The number of nitrogens with one attached hydrogen (secondary N) is 2. The average Bonchev–Trinajstić information content (AvgIpc) is 2.63. The Labute approximate surface area is 156 Å². The van der Waals surface area contributed by atoms with E-state index in [0.29, 0.717) is 35.5 Å². The standard InChI is InChI=1S/C20H21N3O4/c1-11-10-16(22-12(2)17(11)20(26)27)13-5-7-14(8-6-13)18(24)23-15-4-3-9-21-19(15)25/h5-8,10,15H,3-4,9H2,1-2H3,(H,21,25)(H,23,24)(H,26,27)/t15-/m1/s1. The third-order valence-electron chi connectivity index (χ3n) is 4.64. The molecule has 0 saturated carbocycles. The van der Waals surface area contributed by atoms with E-state index < -0.39 is 12.0 Å². The maximum absolute atomic E-state index is 12.4. The van der Waals surface area contributed by atoms with Crippen molar-refractivity contribution in [3.63, 3.8) is 0 Å². The van der Waals surface area contributed by atoms with Crippen LogP contribution in [-0.2, 0) is 4.79 Å². The van der Waals surface area contributed by atoms with Crippen LogP contribution in [0.1, 0.15) is 44.8 Å².